The third-order valence-corrected chi connectivity index (χ3v) is 3.60. The van der Waals surface area contributed by atoms with E-state index < -0.39 is 0 Å². The van der Waals surface area contributed by atoms with E-state index >= 15 is 0 Å². The first-order valence-electron chi connectivity index (χ1n) is 6.90. The molecule has 0 bridgehead atoms. The summed E-state index contributed by atoms with van der Waals surface area (Å²) in [7, 11) is 4.86. The van der Waals surface area contributed by atoms with Crippen LogP contribution < -0.4 is 19.5 Å². The molecule has 0 aromatic heterocycles. The number of hydrogen-bond donors (Lipinski definition) is 1. The van der Waals surface area contributed by atoms with Gasteiger partial charge >= 0.3 is 0 Å². The topological polar surface area (TPSA) is 49.0 Å². The number of benzene rings is 1. The van der Waals surface area contributed by atoms with Gasteiger partial charge in [-0.1, -0.05) is 6.92 Å². The third-order valence-electron chi connectivity index (χ3n) is 3.60. The monoisotopic (exact) mass is 281 g/mol. The van der Waals surface area contributed by atoms with Gasteiger partial charge in [-0.05, 0) is 18.6 Å². The van der Waals surface area contributed by atoms with Crippen molar-refractivity contribution < 1.29 is 18.9 Å². The first-order chi connectivity index (χ1) is 9.74. The lowest BCUT2D eigenvalue weighted by Crippen LogP contribution is -2.40. The summed E-state index contributed by atoms with van der Waals surface area (Å²) in [5.74, 6) is 1.94. The molecular weight excluding hydrogens is 258 g/mol. The van der Waals surface area contributed by atoms with E-state index in [-0.39, 0.29) is 12.2 Å². The molecule has 20 heavy (non-hydrogen) atoms. The van der Waals surface area contributed by atoms with E-state index in [2.05, 4.69) is 12.2 Å². The summed E-state index contributed by atoms with van der Waals surface area (Å²) >= 11 is 0. The van der Waals surface area contributed by atoms with E-state index in [1.165, 1.54) is 0 Å². The molecule has 1 heterocycles. The van der Waals surface area contributed by atoms with Gasteiger partial charge in [0, 0.05) is 18.7 Å². The Balaban J connectivity index is 2.35. The minimum atomic E-state index is -0.0385. The van der Waals surface area contributed by atoms with E-state index in [1.54, 1.807) is 21.3 Å². The molecule has 1 saturated heterocycles. The van der Waals surface area contributed by atoms with Crippen molar-refractivity contribution in [2.24, 2.45) is 0 Å². The first-order valence-corrected chi connectivity index (χ1v) is 6.90. The zero-order valence-corrected chi connectivity index (χ0v) is 12.6. The van der Waals surface area contributed by atoms with Gasteiger partial charge in [0.25, 0.3) is 0 Å². The Kier molecular flexibility index (Phi) is 5.09. The van der Waals surface area contributed by atoms with E-state index in [9.17, 15) is 0 Å². The van der Waals surface area contributed by atoms with Crippen LogP contribution in [0.2, 0.25) is 0 Å². The highest BCUT2D eigenvalue weighted by molar-refractivity contribution is 5.56. The number of hydrogen-bond acceptors (Lipinski definition) is 5. The van der Waals surface area contributed by atoms with Crippen LogP contribution in [-0.2, 0) is 4.74 Å². The zero-order valence-electron chi connectivity index (χ0n) is 12.6. The maximum absolute atomic E-state index is 6.10. The minimum absolute atomic E-state index is 0.0385. The number of morpholine rings is 1. The van der Waals surface area contributed by atoms with E-state index in [0.29, 0.717) is 17.2 Å². The predicted molar refractivity (Wildman–Crippen MR) is 76.9 cm³/mol. The molecule has 1 N–H and O–H groups in total. The molecule has 1 aliphatic heterocycles. The average molecular weight is 281 g/mol. The van der Waals surface area contributed by atoms with Crippen LogP contribution in [0.5, 0.6) is 17.2 Å². The molecule has 0 radical (unpaired) electrons. The second kappa shape index (κ2) is 6.81. The molecule has 0 saturated carbocycles. The average Bonchev–Trinajstić information content (AvgIpc) is 2.53. The molecular formula is C15H23NO4. The SMILES string of the molecule is CCC1CNCC(c2ccc(OC)c(OC)c2OC)O1. The van der Waals surface area contributed by atoms with Crippen molar-refractivity contribution in [3.05, 3.63) is 17.7 Å². The lowest BCUT2D eigenvalue weighted by Gasteiger charge is -2.31. The predicted octanol–water partition coefficient (Wildman–Crippen LogP) is 2.15. The first kappa shape index (κ1) is 14.9. The van der Waals surface area contributed by atoms with Crippen molar-refractivity contribution >= 4 is 0 Å². The molecule has 0 spiro atoms. The molecule has 5 nitrogen and oxygen atoms in total. The molecule has 1 aliphatic rings. The van der Waals surface area contributed by atoms with Gasteiger partial charge in [-0.2, -0.15) is 0 Å². The molecule has 2 unspecified atom stereocenters. The molecule has 2 rings (SSSR count). The lowest BCUT2D eigenvalue weighted by molar-refractivity contribution is -0.0409. The lowest BCUT2D eigenvalue weighted by atomic mass is 10.0. The molecule has 1 aromatic rings. The number of rotatable bonds is 5. The van der Waals surface area contributed by atoms with E-state index in [0.717, 1.165) is 25.1 Å². The highest BCUT2D eigenvalue weighted by Gasteiger charge is 2.27. The van der Waals surface area contributed by atoms with Crippen molar-refractivity contribution in [1.29, 1.82) is 0 Å². The fraction of sp³-hybridized carbons (Fsp3) is 0.600. The molecule has 2 atom stereocenters. The van der Waals surface area contributed by atoms with Crippen LogP contribution in [0.4, 0.5) is 0 Å². The molecule has 0 amide bonds. The second-order valence-corrected chi connectivity index (χ2v) is 4.74. The van der Waals surface area contributed by atoms with E-state index in [4.69, 9.17) is 18.9 Å². The quantitative estimate of drug-likeness (QED) is 0.896. The number of methoxy groups -OCH3 is 3. The minimum Gasteiger partial charge on any atom is -0.493 e. The summed E-state index contributed by atoms with van der Waals surface area (Å²) in [6.07, 6.45) is 1.18. The van der Waals surface area contributed by atoms with Gasteiger partial charge < -0.3 is 24.3 Å². The fourth-order valence-corrected chi connectivity index (χ4v) is 2.51. The van der Waals surface area contributed by atoms with Gasteiger partial charge in [0.2, 0.25) is 5.75 Å². The Labute approximate surface area is 120 Å². The second-order valence-electron chi connectivity index (χ2n) is 4.74. The van der Waals surface area contributed by atoms with Crippen molar-refractivity contribution in [2.75, 3.05) is 34.4 Å². The highest BCUT2D eigenvalue weighted by Crippen LogP contribution is 2.43. The highest BCUT2D eigenvalue weighted by atomic mass is 16.5. The van der Waals surface area contributed by atoms with Gasteiger partial charge in [-0.3, -0.25) is 0 Å². The standard InChI is InChI=1S/C15H23NO4/c1-5-10-8-16-9-13(20-10)11-6-7-12(17-2)15(19-4)14(11)18-3/h6-7,10,13,16H,5,8-9H2,1-4H3. The van der Waals surface area contributed by atoms with Crippen LogP contribution >= 0.6 is 0 Å². The normalized spacial score (nSPS) is 22.4. The Morgan fingerprint density at radius 2 is 1.85 bits per heavy atom. The number of ether oxygens (including phenoxy) is 4. The summed E-state index contributed by atoms with van der Waals surface area (Å²) in [5, 5.41) is 3.40. The van der Waals surface area contributed by atoms with Gasteiger partial charge in [0.05, 0.1) is 33.5 Å². The maximum atomic E-state index is 6.10. The summed E-state index contributed by atoms with van der Waals surface area (Å²) < 4.78 is 22.3. The van der Waals surface area contributed by atoms with Crippen molar-refractivity contribution in [3.8, 4) is 17.2 Å². The van der Waals surface area contributed by atoms with Crippen molar-refractivity contribution in [2.45, 2.75) is 25.6 Å². The Morgan fingerprint density at radius 1 is 1.10 bits per heavy atom. The largest absolute Gasteiger partial charge is 0.493 e. The zero-order chi connectivity index (χ0) is 14.5. The van der Waals surface area contributed by atoms with Crippen molar-refractivity contribution in [3.63, 3.8) is 0 Å². The number of nitrogens with one attached hydrogen (secondary N) is 1. The van der Waals surface area contributed by atoms with Crippen LogP contribution in [0.1, 0.15) is 25.0 Å². The fourth-order valence-electron chi connectivity index (χ4n) is 2.51. The third kappa shape index (κ3) is 2.83. The maximum Gasteiger partial charge on any atom is 0.203 e. The Morgan fingerprint density at radius 3 is 2.45 bits per heavy atom. The summed E-state index contributed by atoms with van der Waals surface area (Å²) in [6, 6.07) is 3.86. The van der Waals surface area contributed by atoms with Crippen LogP contribution in [0.25, 0.3) is 0 Å². The van der Waals surface area contributed by atoms with Gasteiger partial charge in [0.1, 0.15) is 0 Å². The van der Waals surface area contributed by atoms with Gasteiger partial charge in [0.15, 0.2) is 11.5 Å². The molecule has 112 valence electrons. The molecule has 1 aromatic carbocycles. The molecule has 1 fully saturated rings. The van der Waals surface area contributed by atoms with Crippen LogP contribution in [0.3, 0.4) is 0 Å². The summed E-state index contributed by atoms with van der Waals surface area (Å²) in [5.41, 5.74) is 0.982. The van der Waals surface area contributed by atoms with Crippen molar-refractivity contribution in [1.82, 2.24) is 5.32 Å². The summed E-state index contributed by atoms with van der Waals surface area (Å²) in [4.78, 5) is 0. The Hall–Kier alpha value is -1.46. The Bertz CT molecular complexity index is 450. The van der Waals surface area contributed by atoms with E-state index in [1.807, 2.05) is 12.1 Å². The smallest absolute Gasteiger partial charge is 0.203 e. The summed E-state index contributed by atoms with van der Waals surface area (Å²) in [6.45, 7) is 3.78. The molecule has 0 aliphatic carbocycles. The molecule has 5 heteroatoms. The van der Waals surface area contributed by atoms with Crippen LogP contribution in [-0.4, -0.2) is 40.5 Å². The van der Waals surface area contributed by atoms with Crippen LogP contribution in [0.15, 0.2) is 12.1 Å². The van der Waals surface area contributed by atoms with Gasteiger partial charge in [-0.15, -0.1) is 0 Å². The van der Waals surface area contributed by atoms with Crippen LogP contribution in [0, 0.1) is 0 Å². The van der Waals surface area contributed by atoms with Gasteiger partial charge in [-0.25, -0.2) is 0 Å².